The van der Waals surface area contributed by atoms with Crippen molar-refractivity contribution in [2.45, 2.75) is 25.0 Å². The van der Waals surface area contributed by atoms with E-state index in [4.69, 9.17) is 10.5 Å². The smallest absolute Gasteiger partial charge is 0.237 e. The summed E-state index contributed by atoms with van der Waals surface area (Å²) >= 11 is 0. The van der Waals surface area contributed by atoms with Crippen molar-refractivity contribution in [2.75, 3.05) is 26.8 Å². The average Bonchev–Trinajstić information content (AvgIpc) is 2.81. The van der Waals surface area contributed by atoms with Gasteiger partial charge in [-0.15, -0.1) is 0 Å². The summed E-state index contributed by atoms with van der Waals surface area (Å²) < 4.78 is 4.95. The molecule has 0 aromatic heterocycles. The maximum atomic E-state index is 12.2. The molecule has 1 heterocycles. The average molecular weight is 277 g/mol. The minimum Gasteiger partial charge on any atom is -0.383 e. The first-order valence-electron chi connectivity index (χ1n) is 7.01. The summed E-state index contributed by atoms with van der Waals surface area (Å²) in [4.78, 5) is 14.4. The summed E-state index contributed by atoms with van der Waals surface area (Å²) in [6.45, 7) is 2.59. The number of amides is 1. The Morgan fingerprint density at radius 1 is 1.45 bits per heavy atom. The van der Waals surface area contributed by atoms with E-state index in [1.807, 2.05) is 18.2 Å². The normalized spacial score (nSPS) is 22.9. The first kappa shape index (κ1) is 15.0. The third-order valence-electron chi connectivity index (χ3n) is 3.57. The molecule has 1 fully saturated rings. The third-order valence-corrected chi connectivity index (χ3v) is 3.57. The fourth-order valence-electron chi connectivity index (χ4n) is 2.60. The molecule has 0 aliphatic carbocycles. The zero-order valence-electron chi connectivity index (χ0n) is 11.9. The SMILES string of the molecule is COCCNC(=O)[C@@H]1C[C@@H](N)CN1Cc1ccccc1. The summed E-state index contributed by atoms with van der Waals surface area (Å²) in [7, 11) is 1.62. The summed E-state index contributed by atoms with van der Waals surface area (Å²) in [6.07, 6.45) is 0.714. The molecule has 1 saturated heterocycles. The number of nitrogens with two attached hydrogens (primary N) is 1. The molecule has 1 aliphatic heterocycles. The second-order valence-corrected chi connectivity index (χ2v) is 5.21. The van der Waals surface area contributed by atoms with E-state index in [1.165, 1.54) is 5.56 Å². The molecule has 2 rings (SSSR count). The van der Waals surface area contributed by atoms with Crippen molar-refractivity contribution in [3.8, 4) is 0 Å². The Labute approximate surface area is 120 Å². The first-order valence-corrected chi connectivity index (χ1v) is 7.01. The monoisotopic (exact) mass is 277 g/mol. The van der Waals surface area contributed by atoms with Gasteiger partial charge in [0.25, 0.3) is 0 Å². The number of carbonyl (C=O) groups is 1. The lowest BCUT2D eigenvalue weighted by Gasteiger charge is -2.23. The lowest BCUT2D eigenvalue weighted by atomic mass is 10.1. The number of rotatable bonds is 6. The standard InChI is InChI=1S/C15H23N3O2/c1-20-8-7-17-15(19)14-9-13(16)11-18(14)10-12-5-3-2-4-6-12/h2-6,13-14H,7-11,16H2,1H3,(H,17,19)/t13-,14+/m1/s1. The number of nitrogens with one attached hydrogen (secondary N) is 1. The highest BCUT2D eigenvalue weighted by Crippen LogP contribution is 2.19. The highest BCUT2D eigenvalue weighted by atomic mass is 16.5. The maximum Gasteiger partial charge on any atom is 0.237 e. The van der Waals surface area contributed by atoms with Gasteiger partial charge in [0.2, 0.25) is 5.91 Å². The lowest BCUT2D eigenvalue weighted by Crippen LogP contribution is -2.43. The molecule has 2 atom stereocenters. The third kappa shape index (κ3) is 4.03. The largest absolute Gasteiger partial charge is 0.383 e. The van der Waals surface area contributed by atoms with E-state index < -0.39 is 0 Å². The van der Waals surface area contributed by atoms with E-state index in [0.29, 0.717) is 19.6 Å². The molecule has 110 valence electrons. The molecule has 1 amide bonds. The van der Waals surface area contributed by atoms with Gasteiger partial charge in [0.05, 0.1) is 12.6 Å². The number of methoxy groups -OCH3 is 1. The second kappa shape index (κ2) is 7.38. The minimum atomic E-state index is -0.137. The van der Waals surface area contributed by atoms with Crippen LogP contribution in [0.25, 0.3) is 0 Å². The molecule has 5 nitrogen and oxygen atoms in total. The molecule has 1 aromatic carbocycles. The van der Waals surface area contributed by atoms with Crippen LogP contribution in [0.1, 0.15) is 12.0 Å². The molecular formula is C15H23N3O2. The number of nitrogens with zero attached hydrogens (tertiary/aromatic N) is 1. The van der Waals surface area contributed by atoms with Gasteiger partial charge in [-0.3, -0.25) is 9.69 Å². The van der Waals surface area contributed by atoms with Gasteiger partial charge in [0.1, 0.15) is 0 Å². The van der Waals surface area contributed by atoms with Crippen LogP contribution in [0.4, 0.5) is 0 Å². The van der Waals surface area contributed by atoms with Gasteiger partial charge in [0, 0.05) is 32.8 Å². The van der Waals surface area contributed by atoms with E-state index >= 15 is 0 Å². The minimum absolute atomic E-state index is 0.0472. The van der Waals surface area contributed by atoms with Crippen LogP contribution >= 0.6 is 0 Å². The highest BCUT2D eigenvalue weighted by Gasteiger charge is 2.34. The fourth-order valence-corrected chi connectivity index (χ4v) is 2.60. The summed E-state index contributed by atoms with van der Waals surface area (Å²) in [5.74, 6) is 0.0472. The van der Waals surface area contributed by atoms with Crippen molar-refractivity contribution in [3.63, 3.8) is 0 Å². The van der Waals surface area contributed by atoms with Gasteiger partial charge in [-0.25, -0.2) is 0 Å². The van der Waals surface area contributed by atoms with Gasteiger partial charge in [-0.2, -0.15) is 0 Å². The zero-order chi connectivity index (χ0) is 14.4. The Bertz CT molecular complexity index is 424. The molecule has 0 unspecified atom stereocenters. The van der Waals surface area contributed by atoms with Crippen molar-refractivity contribution in [1.29, 1.82) is 0 Å². The van der Waals surface area contributed by atoms with Gasteiger partial charge in [-0.1, -0.05) is 30.3 Å². The van der Waals surface area contributed by atoms with Gasteiger partial charge in [-0.05, 0) is 12.0 Å². The second-order valence-electron chi connectivity index (χ2n) is 5.21. The van der Waals surface area contributed by atoms with Crippen molar-refractivity contribution >= 4 is 5.91 Å². The fraction of sp³-hybridized carbons (Fsp3) is 0.533. The molecule has 0 bridgehead atoms. The Morgan fingerprint density at radius 3 is 2.90 bits per heavy atom. The molecule has 0 spiro atoms. The van der Waals surface area contributed by atoms with Crippen LogP contribution in [-0.4, -0.2) is 49.7 Å². The Morgan fingerprint density at radius 2 is 2.20 bits per heavy atom. The molecule has 1 aliphatic rings. The number of likely N-dealkylation sites (tertiary alicyclic amines) is 1. The van der Waals surface area contributed by atoms with Crippen molar-refractivity contribution < 1.29 is 9.53 Å². The molecule has 0 radical (unpaired) electrons. The summed E-state index contributed by atoms with van der Waals surface area (Å²) in [5, 5.41) is 2.90. The van der Waals surface area contributed by atoms with Crippen LogP contribution in [-0.2, 0) is 16.1 Å². The maximum absolute atomic E-state index is 12.2. The molecule has 1 aromatic rings. The molecule has 20 heavy (non-hydrogen) atoms. The van der Waals surface area contributed by atoms with E-state index in [0.717, 1.165) is 13.1 Å². The number of ether oxygens (including phenoxy) is 1. The van der Waals surface area contributed by atoms with Crippen LogP contribution in [0.2, 0.25) is 0 Å². The molecule has 0 saturated carbocycles. The number of carbonyl (C=O) groups excluding carboxylic acids is 1. The number of hydrogen-bond donors (Lipinski definition) is 2. The van der Waals surface area contributed by atoms with Crippen LogP contribution in [0, 0.1) is 0 Å². The van der Waals surface area contributed by atoms with Crippen LogP contribution in [0.3, 0.4) is 0 Å². The Kier molecular flexibility index (Phi) is 5.52. The van der Waals surface area contributed by atoms with E-state index in [2.05, 4.69) is 22.3 Å². The predicted octanol–water partition coefficient (Wildman–Crippen LogP) is 0.351. The van der Waals surface area contributed by atoms with Crippen molar-refractivity contribution in [3.05, 3.63) is 35.9 Å². The quantitative estimate of drug-likeness (QED) is 0.736. The van der Waals surface area contributed by atoms with Crippen molar-refractivity contribution in [1.82, 2.24) is 10.2 Å². The van der Waals surface area contributed by atoms with Gasteiger partial charge in [0.15, 0.2) is 0 Å². The van der Waals surface area contributed by atoms with Crippen LogP contribution < -0.4 is 11.1 Å². The van der Waals surface area contributed by atoms with Gasteiger partial charge >= 0.3 is 0 Å². The lowest BCUT2D eigenvalue weighted by molar-refractivity contribution is -0.125. The molecule has 5 heteroatoms. The van der Waals surface area contributed by atoms with E-state index in [9.17, 15) is 4.79 Å². The van der Waals surface area contributed by atoms with Crippen LogP contribution in [0.5, 0.6) is 0 Å². The van der Waals surface area contributed by atoms with Gasteiger partial charge < -0.3 is 15.8 Å². The van der Waals surface area contributed by atoms with E-state index in [-0.39, 0.29) is 18.0 Å². The summed E-state index contributed by atoms with van der Waals surface area (Å²) in [5.41, 5.74) is 7.22. The molecule has 3 N–H and O–H groups in total. The first-order chi connectivity index (χ1) is 9.70. The molecular weight excluding hydrogens is 254 g/mol. The number of benzene rings is 1. The topological polar surface area (TPSA) is 67.6 Å². The Balaban J connectivity index is 1.94. The van der Waals surface area contributed by atoms with Crippen molar-refractivity contribution in [2.24, 2.45) is 5.73 Å². The predicted molar refractivity (Wildman–Crippen MR) is 78.1 cm³/mol. The highest BCUT2D eigenvalue weighted by molar-refractivity contribution is 5.82. The Hall–Kier alpha value is -1.43. The number of hydrogen-bond acceptors (Lipinski definition) is 4. The zero-order valence-corrected chi connectivity index (χ0v) is 11.9. The van der Waals surface area contributed by atoms with E-state index in [1.54, 1.807) is 7.11 Å². The van der Waals surface area contributed by atoms with Crippen LogP contribution in [0.15, 0.2) is 30.3 Å². The summed E-state index contributed by atoms with van der Waals surface area (Å²) in [6, 6.07) is 10.1.